The summed E-state index contributed by atoms with van der Waals surface area (Å²) >= 11 is 3.37. The average molecular weight is 323 g/mol. The van der Waals surface area contributed by atoms with E-state index >= 15 is 0 Å². The highest BCUT2D eigenvalue weighted by atomic mass is 79.9. The van der Waals surface area contributed by atoms with E-state index in [1.54, 1.807) is 24.3 Å². The van der Waals surface area contributed by atoms with Gasteiger partial charge in [-0.25, -0.2) is 4.39 Å². The van der Waals surface area contributed by atoms with Crippen molar-refractivity contribution >= 4 is 15.9 Å². The van der Waals surface area contributed by atoms with E-state index < -0.39 is 12.2 Å². The van der Waals surface area contributed by atoms with Crippen LogP contribution in [0.4, 0.5) is 4.39 Å². The number of hydrogen-bond donors (Lipinski definition) is 1. The Kier molecular flexibility index (Phi) is 3.29. The molecule has 0 amide bonds. The molecule has 3 rings (SSSR count). The van der Waals surface area contributed by atoms with Gasteiger partial charge in [0.1, 0.15) is 17.7 Å². The highest BCUT2D eigenvalue weighted by Gasteiger charge is 2.29. The summed E-state index contributed by atoms with van der Waals surface area (Å²) in [6.07, 6.45) is -0.741. The fourth-order valence-electron chi connectivity index (χ4n) is 2.34. The van der Waals surface area contributed by atoms with Crippen LogP contribution in [0.3, 0.4) is 0 Å². The van der Waals surface area contributed by atoms with Crippen LogP contribution in [0.15, 0.2) is 46.9 Å². The van der Waals surface area contributed by atoms with Crippen molar-refractivity contribution in [2.24, 2.45) is 0 Å². The summed E-state index contributed by atoms with van der Waals surface area (Å²) in [7, 11) is 0. The molecule has 0 fully saturated rings. The molecule has 2 aromatic rings. The highest BCUT2D eigenvalue weighted by Crippen LogP contribution is 2.42. The molecule has 1 aliphatic heterocycles. The van der Waals surface area contributed by atoms with Gasteiger partial charge in [-0.05, 0) is 18.2 Å². The predicted molar refractivity (Wildman–Crippen MR) is 73.5 cm³/mol. The number of aliphatic hydroxyl groups excluding tert-OH is 1. The molecule has 0 bridgehead atoms. The Hall–Kier alpha value is -1.39. The lowest BCUT2D eigenvalue weighted by Crippen LogP contribution is -2.19. The molecule has 0 aromatic heterocycles. The number of halogens is 2. The molecule has 0 saturated carbocycles. The number of rotatable bonds is 1. The van der Waals surface area contributed by atoms with Crippen molar-refractivity contribution < 1.29 is 14.2 Å². The SMILES string of the molecule is O[C@H]1CC(c2ccccc2F)Oc2cc(Br)ccc21. The maximum Gasteiger partial charge on any atom is 0.130 e. The third-order valence-electron chi connectivity index (χ3n) is 3.29. The van der Waals surface area contributed by atoms with Crippen molar-refractivity contribution in [3.05, 3.63) is 63.9 Å². The molecule has 0 aliphatic carbocycles. The van der Waals surface area contributed by atoms with E-state index in [1.165, 1.54) is 6.07 Å². The fourth-order valence-corrected chi connectivity index (χ4v) is 2.68. The van der Waals surface area contributed by atoms with Crippen LogP contribution < -0.4 is 4.74 Å². The quantitative estimate of drug-likeness (QED) is 0.854. The number of hydrogen-bond acceptors (Lipinski definition) is 2. The van der Waals surface area contributed by atoms with Crippen LogP contribution in [-0.2, 0) is 0 Å². The zero-order valence-corrected chi connectivity index (χ0v) is 11.6. The monoisotopic (exact) mass is 322 g/mol. The first-order valence-electron chi connectivity index (χ1n) is 6.04. The first-order valence-corrected chi connectivity index (χ1v) is 6.83. The summed E-state index contributed by atoms with van der Waals surface area (Å²) in [6.45, 7) is 0. The van der Waals surface area contributed by atoms with Gasteiger partial charge >= 0.3 is 0 Å². The average Bonchev–Trinajstić information content (AvgIpc) is 2.38. The normalized spacial score (nSPS) is 21.6. The summed E-state index contributed by atoms with van der Waals surface area (Å²) in [5.74, 6) is 0.291. The van der Waals surface area contributed by atoms with Crippen LogP contribution >= 0.6 is 15.9 Å². The largest absolute Gasteiger partial charge is 0.485 e. The van der Waals surface area contributed by atoms with Gasteiger partial charge in [0, 0.05) is 22.0 Å². The second-order valence-corrected chi connectivity index (χ2v) is 5.48. The first-order chi connectivity index (χ1) is 9.15. The minimum Gasteiger partial charge on any atom is -0.485 e. The van der Waals surface area contributed by atoms with Gasteiger partial charge in [-0.2, -0.15) is 0 Å². The molecule has 0 spiro atoms. The van der Waals surface area contributed by atoms with Crippen LogP contribution in [0.5, 0.6) is 5.75 Å². The molecule has 1 heterocycles. The molecule has 1 unspecified atom stereocenters. The van der Waals surface area contributed by atoms with Gasteiger partial charge < -0.3 is 9.84 Å². The van der Waals surface area contributed by atoms with Gasteiger partial charge in [-0.3, -0.25) is 0 Å². The Labute approximate surface area is 119 Å². The van der Waals surface area contributed by atoms with Gasteiger partial charge in [0.25, 0.3) is 0 Å². The third-order valence-corrected chi connectivity index (χ3v) is 3.79. The van der Waals surface area contributed by atoms with Crippen LogP contribution in [0.1, 0.15) is 29.8 Å². The van der Waals surface area contributed by atoms with Gasteiger partial charge in [0.15, 0.2) is 0 Å². The Morgan fingerprint density at radius 3 is 2.74 bits per heavy atom. The molecular weight excluding hydrogens is 311 g/mol. The van der Waals surface area contributed by atoms with Crippen molar-refractivity contribution in [1.82, 2.24) is 0 Å². The lowest BCUT2D eigenvalue weighted by Gasteiger charge is -2.30. The zero-order chi connectivity index (χ0) is 13.4. The van der Waals surface area contributed by atoms with Gasteiger partial charge in [0.05, 0.1) is 6.10 Å². The Morgan fingerprint density at radius 2 is 1.95 bits per heavy atom. The Balaban J connectivity index is 1.99. The van der Waals surface area contributed by atoms with Gasteiger partial charge in [-0.1, -0.05) is 40.2 Å². The molecule has 19 heavy (non-hydrogen) atoms. The number of aliphatic hydroxyl groups is 1. The molecule has 2 nitrogen and oxygen atoms in total. The second-order valence-electron chi connectivity index (χ2n) is 4.56. The maximum absolute atomic E-state index is 13.8. The Bertz CT molecular complexity index is 615. The molecule has 1 N–H and O–H groups in total. The lowest BCUT2D eigenvalue weighted by molar-refractivity contribution is 0.0639. The van der Waals surface area contributed by atoms with E-state index in [0.717, 1.165) is 10.0 Å². The van der Waals surface area contributed by atoms with E-state index in [2.05, 4.69) is 15.9 Å². The maximum atomic E-state index is 13.8. The molecule has 98 valence electrons. The summed E-state index contributed by atoms with van der Waals surface area (Å²) < 4.78 is 20.5. The Morgan fingerprint density at radius 1 is 1.16 bits per heavy atom. The van der Waals surface area contributed by atoms with Crippen molar-refractivity contribution in [1.29, 1.82) is 0 Å². The van der Waals surface area contributed by atoms with Crippen LogP contribution in [0.25, 0.3) is 0 Å². The summed E-state index contributed by atoms with van der Waals surface area (Å²) in [5.41, 5.74) is 1.22. The van der Waals surface area contributed by atoms with Gasteiger partial charge in [0.2, 0.25) is 0 Å². The molecule has 2 atom stereocenters. The second kappa shape index (κ2) is 4.94. The topological polar surface area (TPSA) is 29.5 Å². The van der Waals surface area contributed by atoms with Crippen LogP contribution in [0, 0.1) is 5.82 Å². The smallest absolute Gasteiger partial charge is 0.130 e. The van der Waals surface area contributed by atoms with E-state index in [0.29, 0.717) is 17.7 Å². The fraction of sp³-hybridized carbons (Fsp3) is 0.200. The predicted octanol–water partition coefficient (Wildman–Crippen LogP) is 4.15. The number of ether oxygens (including phenoxy) is 1. The van der Waals surface area contributed by atoms with E-state index in [4.69, 9.17) is 4.74 Å². The molecular formula is C15H12BrFO2. The van der Waals surface area contributed by atoms with E-state index in [9.17, 15) is 9.50 Å². The lowest BCUT2D eigenvalue weighted by atomic mass is 9.95. The standard InChI is InChI=1S/C15H12BrFO2/c16-9-5-6-11-13(18)8-15(19-14(11)7-9)10-3-1-2-4-12(10)17/h1-7,13,15,18H,8H2/t13-,15?/m0/s1. The minimum atomic E-state index is -0.638. The van der Waals surface area contributed by atoms with Gasteiger partial charge in [-0.15, -0.1) is 0 Å². The van der Waals surface area contributed by atoms with Crippen molar-refractivity contribution in [3.8, 4) is 5.75 Å². The number of benzene rings is 2. The molecule has 0 saturated heterocycles. The first kappa shape index (κ1) is 12.6. The van der Waals surface area contributed by atoms with E-state index in [-0.39, 0.29) is 5.82 Å². The molecule has 2 aromatic carbocycles. The van der Waals surface area contributed by atoms with Crippen LogP contribution in [-0.4, -0.2) is 5.11 Å². The summed E-state index contributed by atoms with van der Waals surface area (Å²) in [4.78, 5) is 0. The third kappa shape index (κ3) is 2.38. The number of fused-ring (bicyclic) bond motifs is 1. The summed E-state index contributed by atoms with van der Waals surface area (Å²) in [6, 6.07) is 12.0. The van der Waals surface area contributed by atoms with Crippen molar-refractivity contribution in [2.75, 3.05) is 0 Å². The highest BCUT2D eigenvalue weighted by molar-refractivity contribution is 9.10. The van der Waals surface area contributed by atoms with Crippen LogP contribution in [0.2, 0.25) is 0 Å². The zero-order valence-electron chi connectivity index (χ0n) is 10.0. The molecule has 4 heteroatoms. The molecule has 0 radical (unpaired) electrons. The van der Waals surface area contributed by atoms with E-state index in [1.807, 2.05) is 12.1 Å². The summed E-state index contributed by atoms with van der Waals surface area (Å²) in [5, 5.41) is 10.2. The molecule has 1 aliphatic rings. The van der Waals surface area contributed by atoms with Crippen molar-refractivity contribution in [3.63, 3.8) is 0 Å². The van der Waals surface area contributed by atoms with Crippen molar-refractivity contribution in [2.45, 2.75) is 18.6 Å². The minimum absolute atomic E-state index is 0.307.